The first-order valence-corrected chi connectivity index (χ1v) is 9.53. The van der Waals surface area contributed by atoms with E-state index < -0.39 is 0 Å². The maximum atomic E-state index is 4.22. The van der Waals surface area contributed by atoms with Crippen LogP contribution in [-0.4, -0.2) is 35.3 Å². The average Bonchev–Trinajstić information content (AvgIpc) is 2.89. The molecule has 1 aromatic heterocycles. The van der Waals surface area contributed by atoms with Gasteiger partial charge in [0.1, 0.15) is 0 Å². The molecule has 0 amide bonds. The standard InChI is InChI=1S/C12H21N3S3/c1-13-10(9-6-4-3-5-7-9)8-17-12-15-14-11(16-2)18-12/h9-10,13H,3-8H2,1-2H3. The molecule has 18 heavy (non-hydrogen) atoms. The van der Waals surface area contributed by atoms with Crippen molar-refractivity contribution in [1.29, 1.82) is 0 Å². The lowest BCUT2D eigenvalue weighted by molar-refractivity contribution is 0.294. The largest absolute Gasteiger partial charge is 0.316 e. The van der Waals surface area contributed by atoms with E-state index in [0.29, 0.717) is 6.04 Å². The lowest BCUT2D eigenvalue weighted by atomic mass is 9.84. The molecule has 1 heterocycles. The summed E-state index contributed by atoms with van der Waals surface area (Å²) in [7, 11) is 2.09. The van der Waals surface area contributed by atoms with Crippen LogP contribution < -0.4 is 5.32 Å². The molecule has 0 aromatic carbocycles. The quantitative estimate of drug-likeness (QED) is 0.814. The highest BCUT2D eigenvalue weighted by Crippen LogP contribution is 2.31. The molecule has 1 unspecified atom stereocenters. The molecule has 1 saturated carbocycles. The molecule has 0 saturated heterocycles. The summed E-state index contributed by atoms with van der Waals surface area (Å²) in [4.78, 5) is 0. The topological polar surface area (TPSA) is 37.8 Å². The zero-order valence-corrected chi connectivity index (χ0v) is 13.5. The van der Waals surface area contributed by atoms with Crippen LogP contribution in [0.25, 0.3) is 0 Å². The molecule has 0 spiro atoms. The van der Waals surface area contributed by atoms with Gasteiger partial charge in [-0.25, -0.2) is 0 Å². The summed E-state index contributed by atoms with van der Waals surface area (Å²) < 4.78 is 2.17. The van der Waals surface area contributed by atoms with Crippen LogP contribution in [0.1, 0.15) is 32.1 Å². The van der Waals surface area contributed by atoms with Crippen molar-refractivity contribution in [1.82, 2.24) is 15.5 Å². The van der Waals surface area contributed by atoms with Gasteiger partial charge in [0.05, 0.1) is 0 Å². The Hall–Kier alpha value is 0.220. The van der Waals surface area contributed by atoms with Crippen molar-refractivity contribution in [2.24, 2.45) is 5.92 Å². The van der Waals surface area contributed by atoms with Crippen LogP contribution >= 0.6 is 34.9 Å². The monoisotopic (exact) mass is 303 g/mol. The summed E-state index contributed by atoms with van der Waals surface area (Å²) in [6.07, 6.45) is 9.06. The van der Waals surface area contributed by atoms with Gasteiger partial charge >= 0.3 is 0 Å². The van der Waals surface area contributed by atoms with Crippen LogP contribution in [0.4, 0.5) is 0 Å². The maximum absolute atomic E-state index is 4.22. The Morgan fingerprint density at radius 1 is 1.28 bits per heavy atom. The summed E-state index contributed by atoms with van der Waals surface area (Å²) in [5.41, 5.74) is 0. The van der Waals surface area contributed by atoms with Gasteiger partial charge in [-0.15, -0.1) is 10.2 Å². The molecule has 6 heteroatoms. The Labute approximate surface area is 122 Å². The lowest BCUT2D eigenvalue weighted by Gasteiger charge is -2.29. The minimum absolute atomic E-state index is 0.622. The van der Waals surface area contributed by atoms with Crippen LogP contribution in [0.15, 0.2) is 8.68 Å². The molecule has 3 nitrogen and oxygen atoms in total. The number of thioether (sulfide) groups is 2. The fourth-order valence-electron chi connectivity index (χ4n) is 2.49. The molecular formula is C12H21N3S3. The van der Waals surface area contributed by atoms with E-state index in [4.69, 9.17) is 0 Å². The van der Waals surface area contributed by atoms with E-state index in [1.807, 2.05) is 18.0 Å². The number of hydrogen-bond acceptors (Lipinski definition) is 6. The number of nitrogens with zero attached hydrogens (tertiary/aromatic N) is 2. The molecule has 2 rings (SSSR count). The molecule has 1 aliphatic carbocycles. The molecule has 1 N–H and O–H groups in total. The predicted octanol–water partition coefficient (Wildman–Crippen LogP) is 3.52. The normalized spacial score (nSPS) is 19.0. The van der Waals surface area contributed by atoms with E-state index in [1.165, 1.54) is 32.1 Å². The van der Waals surface area contributed by atoms with Crippen molar-refractivity contribution in [2.75, 3.05) is 19.1 Å². The van der Waals surface area contributed by atoms with E-state index in [0.717, 1.165) is 20.4 Å². The second-order valence-corrected chi connectivity index (χ2v) is 7.94. The van der Waals surface area contributed by atoms with Gasteiger partial charge in [-0.05, 0) is 32.1 Å². The smallest absolute Gasteiger partial charge is 0.175 e. The summed E-state index contributed by atoms with van der Waals surface area (Å²) in [6, 6.07) is 0.622. The van der Waals surface area contributed by atoms with Crippen molar-refractivity contribution in [2.45, 2.75) is 46.8 Å². The number of rotatable bonds is 6. The van der Waals surface area contributed by atoms with Gasteiger partial charge in [-0.2, -0.15) is 0 Å². The van der Waals surface area contributed by atoms with Crippen LogP contribution in [-0.2, 0) is 0 Å². The van der Waals surface area contributed by atoms with Gasteiger partial charge in [-0.1, -0.05) is 54.1 Å². The Morgan fingerprint density at radius 3 is 2.61 bits per heavy atom. The highest BCUT2D eigenvalue weighted by molar-refractivity contribution is 8.03. The van der Waals surface area contributed by atoms with E-state index in [2.05, 4.69) is 22.6 Å². The predicted molar refractivity (Wildman–Crippen MR) is 81.8 cm³/mol. The molecule has 102 valence electrons. The Morgan fingerprint density at radius 2 is 2.00 bits per heavy atom. The zero-order valence-electron chi connectivity index (χ0n) is 11.0. The van der Waals surface area contributed by atoms with Crippen molar-refractivity contribution in [3.05, 3.63) is 0 Å². The molecular weight excluding hydrogens is 282 g/mol. The molecule has 1 fully saturated rings. The van der Waals surface area contributed by atoms with E-state index in [1.54, 1.807) is 23.1 Å². The first kappa shape index (κ1) is 14.6. The summed E-state index contributed by atoms with van der Waals surface area (Å²) >= 11 is 5.23. The van der Waals surface area contributed by atoms with Crippen molar-refractivity contribution in [3.8, 4) is 0 Å². The summed E-state index contributed by atoms with van der Waals surface area (Å²) in [6.45, 7) is 0. The van der Waals surface area contributed by atoms with E-state index in [-0.39, 0.29) is 0 Å². The first-order chi connectivity index (χ1) is 8.83. The lowest BCUT2D eigenvalue weighted by Crippen LogP contribution is -2.36. The molecule has 1 aliphatic rings. The fraction of sp³-hybridized carbons (Fsp3) is 0.833. The van der Waals surface area contributed by atoms with E-state index in [9.17, 15) is 0 Å². The van der Waals surface area contributed by atoms with Crippen molar-refractivity contribution in [3.63, 3.8) is 0 Å². The minimum Gasteiger partial charge on any atom is -0.316 e. The van der Waals surface area contributed by atoms with Crippen LogP contribution in [0.2, 0.25) is 0 Å². The van der Waals surface area contributed by atoms with Crippen LogP contribution in [0.5, 0.6) is 0 Å². The number of hydrogen-bond donors (Lipinski definition) is 1. The van der Waals surface area contributed by atoms with Crippen LogP contribution in [0, 0.1) is 5.92 Å². The number of nitrogens with one attached hydrogen (secondary N) is 1. The van der Waals surface area contributed by atoms with Gasteiger partial charge in [-0.3, -0.25) is 0 Å². The van der Waals surface area contributed by atoms with Gasteiger partial charge in [0.2, 0.25) is 0 Å². The Bertz CT molecular complexity index is 350. The highest BCUT2D eigenvalue weighted by Gasteiger charge is 2.22. The second-order valence-electron chi connectivity index (χ2n) is 4.64. The Kier molecular flexibility index (Phi) is 6.28. The van der Waals surface area contributed by atoms with E-state index >= 15 is 0 Å². The van der Waals surface area contributed by atoms with Gasteiger partial charge in [0.15, 0.2) is 8.68 Å². The first-order valence-electron chi connectivity index (χ1n) is 6.51. The SMILES string of the molecule is CNC(CSc1nnc(SC)s1)C1CCCCC1. The van der Waals surface area contributed by atoms with Gasteiger partial charge in [0.25, 0.3) is 0 Å². The second kappa shape index (κ2) is 7.72. The van der Waals surface area contributed by atoms with Crippen LogP contribution in [0.3, 0.4) is 0 Å². The maximum Gasteiger partial charge on any atom is 0.175 e. The van der Waals surface area contributed by atoms with Gasteiger partial charge < -0.3 is 5.32 Å². The van der Waals surface area contributed by atoms with Crippen molar-refractivity contribution >= 4 is 34.9 Å². The summed E-state index contributed by atoms with van der Waals surface area (Å²) in [5, 5.41) is 11.9. The zero-order chi connectivity index (χ0) is 12.8. The summed E-state index contributed by atoms with van der Waals surface area (Å²) in [5.74, 6) is 1.97. The molecule has 0 aliphatic heterocycles. The third-order valence-electron chi connectivity index (χ3n) is 3.54. The molecule has 1 aromatic rings. The highest BCUT2D eigenvalue weighted by atomic mass is 32.2. The third kappa shape index (κ3) is 4.11. The number of aromatic nitrogens is 2. The fourth-order valence-corrected chi connectivity index (χ4v) is 5.19. The third-order valence-corrected chi connectivity index (χ3v) is 6.69. The Balaban J connectivity index is 1.82. The molecule has 1 atom stereocenters. The van der Waals surface area contributed by atoms with Gasteiger partial charge in [0, 0.05) is 11.8 Å². The minimum atomic E-state index is 0.622. The average molecular weight is 304 g/mol. The van der Waals surface area contributed by atoms with Crippen molar-refractivity contribution < 1.29 is 0 Å². The molecule has 0 bridgehead atoms. The molecule has 0 radical (unpaired) electrons.